The Hall–Kier alpha value is -2.82. The minimum absolute atomic E-state index is 0.00329. The van der Waals surface area contributed by atoms with E-state index < -0.39 is 17.6 Å². The fourth-order valence-corrected chi connectivity index (χ4v) is 4.33. The van der Waals surface area contributed by atoms with Crippen molar-refractivity contribution in [2.45, 2.75) is 39.0 Å². The smallest absolute Gasteiger partial charge is 0.232 e. The molecule has 0 saturated heterocycles. The predicted molar refractivity (Wildman–Crippen MR) is 103 cm³/mol. The van der Waals surface area contributed by atoms with Crippen molar-refractivity contribution in [1.82, 2.24) is 0 Å². The lowest BCUT2D eigenvalue weighted by molar-refractivity contribution is -0.121. The zero-order valence-electron chi connectivity index (χ0n) is 15.8. The molecule has 1 aliphatic heterocycles. The van der Waals surface area contributed by atoms with Gasteiger partial charge in [0.2, 0.25) is 5.91 Å². The Morgan fingerprint density at radius 2 is 1.64 bits per heavy atom. The molecule has 1 aliphatic carbocycles. The zero-order chi connectivity index (χ0) is 20.1. The van der Waals surface area contributed by atoms with Gasteiger partial charge in [0.1, 0.15) is 11.6 Å². The molecule has 0 N–H and O–H groups in total. The second-order valence-electron chi connectivity index (χ2n) is 8.29. The Kier molecular flexibility index (Phi) is 4.41. The highest BCUT2D eigenvalue weighted by Gasteiger charge is 2.44. The van der Waals surface area contributed by atoms with Gasteiger partial charge in [0.25, 0.3) is 0 Å². The quantitative estimate of drug-likeness (QED) is 0.723. The summed E-state index contributed by atoms with van der Waals surface area (Å²) in [6.45, 7) is 3.96. The van der Waals surface area contributed by atoms with Gasteiger partial charge in [0.15, 0.2) is 5.78 Å². The Morgan fingerprint density at radius 1 is 0.964 bits per heavy atom. The average molecular weight is 381 g/mol. The third kappa shape index (κ3) is 3.15. The van der Waals surface area contributed by atoms with E-state index in [0.717, 1.165) is 0 Å². The summed E-state index contributed by atoms with van der Waals surface area (Å²) in [7, 11) is 0. The van der Waals surface area contributed by atoms with Crippen molar-refractivity contribution < 1.29 is 18.4 Å². The van der Waals surface area contributed by atoms with E-state index in [1.54, 1.807) is 18.2 Å². The number of rotatable bonds is 2. The molecule has 1 atom stereocenters. The second-order valence-corrected chi connectivity index (χ2v) is 8.29. The van der Waals surface area contributed by atoms with Gasteiger partial charge in [-0.2, -0.15) is 0 Å². The highest BCUT2D eigenvalue weighted by atomic mass is 19.1. The first-order chi connectivity index (χ1) is 13.3. The maximum atomic E-state index is 14.5. The Balaban J connectivity index is 1.91. The largest absolute Gasteiger partial charge is 0.294 e. The van der Waals surface area contributed by atoms with Gasteiger partial charge in [0.05, 0.1) is 0 Å². The lowest BCUT2D eigenvalue weighted by Crippen LogP contribution is -2.43. The fraction of sp³-hybridized carbons (Fsp3) is 0.304. The molecule has 0 fully saturated rings. The minimum Gasteiger partial charge on any atom is -0.294 e. The number of carbonyl (C=O) groups excluding carboxylic acids is 2. The molecule has 2 aromatic carbocycles. The molecule has 1 unspecified atom stereocenters. The van der Waals surface area contributed by atoms with E-state index >= 15 is 0 Å². The van der Waals surface area contributed by atoms with Crippen LogP contribution < -0.4 is 4.90 Å². The van der Waals surface area contributed by atoms with Crippen LogP contribution in [0.2, 0.25) is 0 Å². The molecule has 0 spiro atoms. The number of nitrogens with zero attached hydrogens (tertiary/aromatic N) is 1. The first kappa shape index (κ1) is 18.5. The highest BCUT2D eigenvalue weighted by molar-refractivity contribution is 6.07. The number of hydrogen-bond donors (Lipinski definition) is 0. The van der Waals surface area contributed by atoms with Crippen LogP contribution in [0.4, 0.5) is 14.5 Å². The monoisotopic (exact) mass is 381 g/mol. The molecular weight excluding hydrogens is 360 g/mol. The first-order valence-corrected chi connectivity index (χ1v) is 9.36. The normalized spacial score (nSPS) is 21.7. The molecule has 5 heteroatoms. The summed E-state index contributed by atoms with van der Waals surface area (Å²) >= 11 is 0. The van der Waals surface area contributed by atoms with Gasteiger partial charge in [0, 0.05) is 35.7 Å². The number of halogens is 2. The second kappa shape index (κ2) is 6.66. The van der Waals surface area contributed by atoms with Crippen LogP contribution in [0, 0.1) is 17.0 Å². The number of anilines is 1. The molecule has 0 bridgehead atoms. The van der Waals surface area contributed by atoms with Crippen LogP contribution in [0.5, 0.6) is 0 Å². The molecular formula is C23H21F2NO2. The van der Waals surface area contributed by atoms with Crippen LogP contribution in [0.1, 0.15) is 44.6 Å². The SMILES string of the molecule is CC1(C)CC(=O)C2=C(C1)N(c1ccc(F)cc1)C(=O)CC2c1ccccc1F. The molecule has 2 aliphatic rings. The Labute approximate surface area is 162 Å². The van der Waals surface area contributed by atoms with E-state index in [0.29, 0.717) is 35.4 Å². The van der Waals surface area contributed by atoms with E-state index in [1.807, 2.05) is 13.8 Å². The first-order valence-electron chi connectivity index (χ1n) is 9.36. The standard InChI is InChI=1S/C23H21F2NO2/c1-23(2)12-19-22(20(27)13-23)17(16-5-3-4-6-18(16)25)11-21(28)26(19)15-9-7-14(24)8-10-15/h3-10,17H,11-13H2,1-2H3. The lowest BCUT2D eigenvalue weighted by atomic mass is 9.69. The van der Waals surface area contributed by atoms with E-state index in [2.05, 4.69) is 0 Å². The predicted octanol–water partition coefficient (Wildman–Crippen LogP) is 5.13. The molecule has 1 amide bonds. The molecule has 0 aromatic heterocycles. The number of carbonyl (C=O) groups is 2. The number of benzene rings is 2. The van der Waals surface area contributed by atoms with E-state index in [-0.39, 0.29) is 23.5 Å². The lowest BCUT2D eigenvalue weighted by Gasteiger charge is -2.43. The maximum Gasteiger partial charge on any atom is 0.232 e. The van der Waals surface area contributed by atoms with Gasteiger partial charge in [-0.1, -0.05) is 32.0 Å². The molecule has 1 heterocycles. The van der Waals surface area contributed by atoms with Gasteiger partial charge in [-0.15, -0.1) is 0 Å². The topological polar surface area (TPSA) is 37.4 Å². The van der Waals surface area contributed by atoms with Crippen LogP contribution in [0.15, 0.2) is 59.8 Å². The van der Waals surface area contributed by atoms with Crippen molar-refractivity contribution in [2.24, 2.45) is 5.41 Å². The highest BCUT2D eigenvalue weighted by Crippen LogP contribution is 2.48. The molecule has 4 rings (SSSR count). The number of amides is 1. The van der Waals surface area contributed by atoms with Gasteiger partial charge >= 0.3 is 0 Å². The van der Waals surface area contributed by atoms with Crippen LogP contribution in [-0.4, -0.2) is 11.7 Å². The number of Topliss-reactive ketones (excluding diaryl/α,β-unsaturated/α-hetero) is 1. The summed E-state index contributed by atoms with van der Waals surface area (Å²) in [5, 5.41) is 0. The third-order valence-corrected chi connectivity index (χ3v) is 5.51. The van der Waals surface area contributed by atoms with Crippen molar-refractivity contribution >= 4 is 17.4 Å². The molecule has 2 aromatic rings. The van der Waals surface area contributed by atoms with Gasteiger partial charge < -0.3 is 0 Å². The summed E-state index contributed by atoms with van der Waals surface area (Å²) in [4.78, 5) is 27.7. The Bertz CT molecular complexity index is 992. The van der Waals surface area contributed by atoms with E-state index in [9.17, 15) is 18.4 Å². The van der Waals surface area contributed by atoms with Crippen LogP contribution in [0.25, 0.3) is 0 Å². The molecule has 0 saturated carbocycles. The number of allylic oxidation sites excluding steroid dienone is 2. The number of ketones is 1. The summed E-state index contributed by atoms with van der Waals surface area (Å²) in [6.07, 6.45) is 0.869. The molecule has 3 nitrogen and oxygen atoms in total. The maximum absolute atomic E-state index is 14.5. The van der Waals surface area contributed by atoms with Gasteiger partial charge in [-0.25, -0.2) is 8.78 Å². The fourth-order valence-electron chi connectivity index (χ4n) is 4.33. The Morgan fingerprint density at radius 3 is 2.32 bits per heavy atom. The molecule has 144 valence electrons. The van der Waals surface area contributed by atoms with E-state index in [1.165, 1.54) is 35.2 Å². The van der Waals surface area contributed by atoms with Crippen LogP contribution >= 0.6 is 0 Å². The van der Waals surface area contributed by atoms with Crippen molar-refractivity contribution in [3.63, 3.8) is 0 Å². The van der Waals surface area contributed by atoms with E-state index in [4.69, 9.17) is 0 Å². The van der Waals surface area contributed by atoms with Crippen molar-refractivity contribution in [3.8, 4) is 0 Å². The third-order valence-electron chi connectivity index (χ3n) is 5.51. The molecule has 28 heavy (non-hydrogen) atoms. The summed E-state index contributed by atoms with van der Waals surface area (Å²) in [5.41, 5.74) is 1.70. The summed E-state index contributed by atoms with van der Waals surface area (Å²) < 4.78 is 27.9. The van der Waals surface area contributed by atoms with Crippen LogP contribution in [-0.2, 0) is 9.59 Å². The number of hydrogen-bond acceptors (Lipinski definition) is 2. The van der Waals surface area contributed by atoms with Crippen molar-refractivity contribution in [2.75, 3.05) is 4.90 Å². The van der Waals surface area contributed by atoms with Gasteiger partial charge in [-0.3, -0.25) is 14.5 Å². The van der Waals surface area contributed by atoms with Crippen molar-refractivity contribution in [3.05, 3.63) is 77.0 Å². The summed E-state index contributed by atoms with van der Waals surface area (Å²) in [5.74, 6) is -1.68. The van der Waals surface area contributed by atoms with Crippen LogP contribution in [0.3, 0.4) is 0 Å². The minimum atomic E-state index is -0.594. The van der Waals surface area contributed by atoms with Gasteiger partial charge in [-0.05, 0) is 47.7 Å². The van der Waals surface area contributed by atoms with Crippen molar-refractivity contribution in [1.29, 1.82) is 0 Å². The zero-order valence-corrected chi connectivity index (χ0v) is 15.8. The average Bonchev–Trinajstić information content (AvgIpc) is 2.61. The molecule has 0 radical (unpaired) electrons. The summed E-state index contributed by atoms with van der Waals surface area (Å²) in [6, 6.07) is 12.0.